The number of hydrogen-bond donors (Lipinski definition) is 5. The standard InChI is InChI=1S/C23H36N4O5S/c1-5-14(2)19(24)22(30)27-18(13-16-9-7-6-8-10-16)21(29)25-15(3)20(28)26-17(23(31)32)11-12-33-4/h6-10,14-15,17-19H,5,11-13,24H2,1-4H3,(H,25,29)(H,26,28)(H,27,30)(H,31,32). The highest BCUT2D eigenvalue weighted by Crippen LogP contribution is 2.08. The molecule has 6 N–H and O–H groups in total. The maximum absolute atomic E-state index is 13.0. The molecule has 0 aliphatic heterocycles. The van der Waals surface area contributed by atoms with Crippen LogP contribution in [0.25, 0.3) is 0 Å². The maximum atomic E-state index is 13.0. The normalized spacial score (nSPS) is 15.4. The summed E-state index contributed by atoms with van der Waals surface area (Å²) >= 11 is 1.47. The van der Waals surface area contributed by atoms with E-state index in [-0.39, 0.29) is 18.8 Å². The van der Waals surface area contributed by atoms with E-state index in [2.05, 4.69) is 16.0 Å². The molecule has 0 spiro atoms. The van der Waals surface area contributed by atoms with Gasteiger partial charge in [0.1, 0.15) is 18.1 Å². The number of benzene rings is 1. The van der Waals surface area contributed by atoms with Crippen molar-refractivity contribution >= 4 is 35.5 Å². The topological polar surface area (TPSA) is 151 Å². The maximum Gasteiger partial charge on any atom is 0.326 e. The molecule has 0 aromatic heterocycles. The molecule has 0 aliphatic rings. The van der Waals surface area contributed by atoms with Crippen LogP contribution < -0.4 is 21.7 Å². The number of thioether (sulfide) groups is 1. The van der Waals surface area contributed by atoms with E-state index in [9.17, 15) is 24.3 Å². The summed E-state index contributed by atoms with van der Waals surface area (Å²) in [4.78, 5) is 49.5. The van der Waals surface area contributed by atoms with Gasteiger partial charge < -0.3 is 26.8 Å². The molecule has 33 heavy (non-hydrogen) atoms. The van der Waals surface area contributed by atoms with Crippen molar-refractivity contribution in [3.63, 3.8) is 0 Å². The van der Waals surface area contributed by atoms with Crippen molar-refractivity contribution in [2.45, 2.75) is 64.2 Å². The van der Waals surface area contributed by atoms with Gasteiger partial charge in [-0.25, -0.2) is 4.79 Å². The van der Waals surface area contributed by atoms with E-state index in [0.717, 1.165) is 5.56 Å². The Morgan fingerprint density at radius 2 is 1.58 bits per heavy atom. The summed E-state index contributed by atoms with van der Waals surface area (Å²) in [6, 6.07) is 5.41. The Balaban J connectivity index is 2.89. The number of carboxylic acids is 1. The molecule has 5 unspecified atom stereocenters. The smallest absolute Gasteiger partial charge is 0.326 e. The van der Waals surface area contributed by atoms with Crippen LogP contribution in [0, 0.1) is 5.92 Å². The quantitative estimate of drug-likeness (QED) is 0.266. The van der Waals surface area contributed by atoms with Crippen LogP contribution in [0.3, 0.4) is 0 Å². The molecule has 0 radical (unpaired) electrons. The Bertz CT molecular complexity index is 792. The molecule has 0 saturated heterocycles. The molecule has 0 saturated carbocycles. The van der Waals surface area contributed by atoms with Crippen LogP contribution in [-0.4, -0.2) is 65.0 Å². The Labute approximate surface area is 199 Å². The predicted molar refractivity (Wildman–Crippen MR) is 130 cm³/mol. The summed E-state index contributed by atoms with van der Waals surface area (Å²) in [6.07, 6.45) is 3.04. The predicted octanol–water partition coefficient (Wildman–Crippen LogP) is 0.915. The first kappa shape index (κ1) is 28.4. The second kappa shape index (κ2) is 14.5. The molecular weight excluding hydrogens is 444 g/mol. The number of carbonyl (C=O) groups is 4. The zero-order valence-electron chi connectivity index (χ0n) is 19.7. The lowest BCUT2D eigenvalue weighted by atomic mass is 9.98. The van der Waals surface area contributed by atoms with E-state index in [1.54, 1.807) is 0 Å². The SMILES string of the molecule is CCC(C)C(N)C(=O)NC(Cc1ccccc1)C(=O)NC(C)C(=O)NC(CCSC)C(=O)O. The lowest BCUT2D eigenvalue weighted by Gasteiger charge is -2.25. The molecule has 1 rings (SSSR count). The second-order valence-corrected chi connectivity index (χ2v) is 9.06. The molecule has 9 nitrogen and oxygen atoms in total. The van der Waals surface area contributed by atoms with Crippen LogP contribution in [0.2, 0.25) is 0 Å². The minimum absolute atomic E-state index is 0.0654. The highest BCUT2D eigenvalue weighted by Gasteiger charge is 2.29. The van der Waals surface area contributed by atoms with Crippen LogP contribution >= 0.6 is 11.8 Å². The number of amides is 3. The third kappa shape index (κ3) is 9.83. The molecule has 3 amide bonds. The molecule has 0 bridgehead atoms. The average Bonchev–Trinajstić information content (AvgIpc) is 2.80. The number of aliphatic carboxylic acids is 1. The minimum atomic E-state index is -1.14. The average molecular weight is 481 g/mol. The van der Waals surface area contributed by atoms with Gasteiger partial charge in [0.15, 0.2) is 0 Å². The van der Waals surface area contributed by atoms with Gasteiger partial charge >= 0.3 is 5.97 Å². The van der Waals surface area contributed by atoms with Crippen molar-refractivity contribution in [2.75, 3.05) is 12.0 Å². The van der Waals surface area contributed by atoms with Crippen molar-refractivity contribution in [2.24, 2.45) is 11.7 Å². The minimum Gasteiger partial charge on any atom is -0.480 e. The van der Waals surface area contributed by atoms with Gasteiger partial charge in [0.25, 0.3) is 0 Å². The summed E-state index contributed by atoms with van der Waals surface area (Å²) < 4.78 is 0. The van der Waals surface area contributed by atoms with Crippen LogP contribution in [0.5, 0.6) is 0 Å². The molecule has 0 fully saturated rings. The van der Waals surface area contributed by atoms with E-state index in [4.69, 9.17) is 5.73 Å². The molecule has 5 atom stereocenters. The summed E-state index contributed by atoms with van der Waals surface area (Å²) in [6.45, 7) is 5.25. The van der Waals surface area contributed by atoms with Gasteiger partial charge in [0.05, 0.1) is 6.04 Å². The fourth-order valence-corrected chi connectivity index (χ4v) is 3.48. The Kier molecular flexibility index (Phi) is 12.5. The Morgan fingerprint density at radius 1 is 0.970 bits per heavy atom. The summed E-state index contributed by atoms with van der Waals surface area (Å²) in [5.41, 5.74) is 6.85. The van der Waals surface area contributed by atoms with Gasteiger partial charge in [0.2, 0.25) is 17.7 Å². The van der Waals surface area contributed by atoms with E-state index >= 15 is 0 Å². The highest BCUT2D eigenvalue weighted by molar-refractivity contribution is 7.98. The number of carboxylic acid groups (broad SMARTS) is 1. The number of nitrogens with one attached hydrogen (secondary N) is 3. The summed E-state index contributed by atoms with van der Waals surface area (Å²) in [7, 11) is 0. The largest absolute Gasteiger partial charge is 0.480 e. The van der Waals surface area contributed by atoms with Crippen LogP contribution in [0.1, 0.15) is 39.2 Å². The highest BCUT2D eigenvalue weighted by atomic mass is 32.2. The van der Waals surface area contributed by atoms with Crippen molar-refractivity contribution in [3.05, 3.63) is 35.9 Å². The number of nitrogens with two attached hydrogens (primary N) is 1. The second-order valence-electron chi connectivity index (χ2n) is 8.07. The molecule has 1 aromatic carbocycles. The van der Waals surface area contributed by atoms with Crippen molar-refractivity contribution in [3.8, 4) is 0 Å². The monoisotopic (exact) mass is 480 g/mol. The van der Waals surface area contributed by atoms with E-state index < -0.39 is 47.9 Å². The van der Waals surface area contributed by atoms with E-state index in [1.165, 1.54) is 18.7 Å². The van der Waals surface area contributed by atoms with Gasteiger partial charge in [-0.2, -0.15) is 11.8 Å². The molecule has 184 valence electrons. The first-order chi connectivity index (χ1) is 15.6. The molecular formula is C23H36N4O5S. The first-order valence-electron chi connectivity index (χ1n) is 11.0. The van der Waals surface area contributed by atoms with Gasteiger partial charge in [-0.1, -0.05) is 50.6 Å². The molecule has 0 heterocycles. The lowest BCUT2D eigenvalue weighted by molar-refractivity contribution is -0.142. The number of carbonyl (C=O) groups excluding carboxylic acids is 3. The van der Waals surface area contributed by atoms with Crippen LogP contribution in [-0.2, 0) is 25.6 Å². The van der Waals surface area contributed by atoms with Gasteiger partial charge in [-0.3, -0.25) is 14.4 Å². The van der Waals surface area contributed by atoms with Crippen molar-refractivity contribution in [1.29, 1.82) is 0 Å². The Morgan fingerprint density at radius 3 is 2.12 bits per heavy atom. The molecule has 10 heteroatoms. The van der Waals surface area contributed by atoms with Gasteiger partial charge in [0, 0.05) is 6.42 Å². The number of rotatable bonds is 14. The van der Waals surface area contributed by atoms with Crippen LogP contribution in [0.4, 0.5) is 0 Å². The van der Waals surface area contributed by atoms with E-state index in [0.29, 0.717) is 12.2 Å². The zero-order valence-corrected chi connectivity index (χ0v) is 20.5. The van der Waals surface area contributed by atoms with E-state index in [1.807, 2.05) is 50.4 Å². The van der Waals surface area contributed by atoms with Crippen molar-refractivity contribution in [1.82, 2.24) is 16.0 Å². The first-order valence-corrected chi connectivity index (χ1v) is 12.4. The zero-order chi connectivity index (χ0) is 25.0. The molecule has 0 aliphatic carbocycles. The third-order valence-electron chi connectivity index (χ3n) is 5.45. The fourth-order valence-electron chi connectivity index (χ4n) is 3.01. The van der Waals surface area contributed by atoms with Gasteiger partial charge in [-0.05, 0) is 36.8 Å². The third-order valence-corrected chi connectivity index (χ3v) is 6.10. The lowest BCUT2D eigenvalue weighted by Crippen LogP contribution is -2.57. The fraction of sp³-hybridized carbons (Fsp3) is 0.565. The molecule has 1 aromatic rings. The Hall–Kier alpha value is -2.59. The van der Waals surface area contributed by atoms with Crippen LogP contribution in [0.15, 0.2) is 30.3 Å². The number of hydrogen-bond acceptors (Lipinski definition) is 6. The summed E-state index contributed by atoms with van der Waals surface area (Å²) in [5, 5.41) is 17.1. The van der Waals surface area contributed by atoms with Crippen molar-refractivity contribution < 1.29 is 24.3 Å². The van der Waals surface area contributed by atoms with Gasteiger partial charge in [-0.15, -0.1) is 0 Å². The summed E-state index contributed by atoms with van der Waals surface area (Å²) in [5.74, 6) is -2.24.